The third kappa shape index (κ3) is 3.09. The molecule has 2 rings (SSSR count). The molecule has 0 spiro atoms. The highest BCUT2D eigenvalue weighted by molar-refractivity contribution is 7.89. The number of pyridine rings is 1. The lowest BCUT2D eigenvalue weighted by molar-refractivity contribution is 0.580. The fourth-order valence-corrected chi connectivity index (χ4v) is 2.62. The summed E-state index contributed by atoms with van der Waals surface area (Å²) in [5, 5.41) is 4.13. The molecule has 0 aromatic carbocycles. The van der Waals surface area contributed by atoms with Gasteiger partial charge in [0, 0.05) is 37.6 Å². The first kappa shape index (κ1) is 13.5. The van der Waals surface area contributed by atoms with Crippen LogP contribution in [0.15, 0.2) is 34.2 Å². The smallest absolute Gasteiger partial charge is 0.247 e. The average Bonchev–Trinajstić information content (AvgIpc) is 2.66. The standard InChI is InChI=1S/C11H14N4O3S/c1-8-9(7-15(2)14-8)5-13-19(17,18)10-3-4-11(16)12-6-10/h3-4,6-7,13H,5H2,1-2H3,(H,12,16). The second kappa shape index (κ2) is 4.98. The van der Waals surface area contributed by atoms with Gasteiger partial charge in [0.25, 0.3) is 0 Å². The minimum atomic E-state index is -3.64. The fraction of sp³-hybridized carbons (Fsp3) is 0.273. The van der Waals surface area contributed by atoms with E-state index in [4.69, 9.17) is 0 Å². The third-order valence-corrected chi connectivity index (χ3v) is 4.03. The van der Waals surface area contributed by atoms with Crippen LogP contribution in [0.2, 0.25) is 0 Å². The van der Waals surface area contributed by atoms with Crippen LogP contribution < -0.4 is 10.3 Å². The highest BCUT2D eigenvalue weighted by Gasteiger charge is 2.14. The molecule has 0 aliphatic rings. The molecule has 0 amide bonds. The molecule has 0 radical (unpaired) electrons. The summed E-state index contributed by atoms with van der Waals surface area (Å²) in [6.07, 6.45) is 2.92. The molecule has 8 heteroatoms. The number of rotatable bonds is 4. The maximum atomic E-state index is 12.0. The highest BCUT2D eigenvalue weighted by Crippen LogP contribution is 2.08. The van der Waals surface area contributed by atoms with E-state index in [9.17, 15) is 13.2 Å². The van der Waals surface area contributed by atoms with Crippen LogP contribution in [0.5, 0.6) is 0 Å². The minimum absolute atomic E-state index is 0.0219. The van der Waals surface area contributed by atoms with E-state index in [2.05, 4.69) is 14.8 Å². The van der Waals surface area contributed by atoms with Gasteiger partial charge in [-0.1, -0.05) is 0 Å². The summed E-state index contributed by atoms with van der Waals surface area (Å²) in [7, 11) is -1.87. The monoisotopic (exact) mass is 282 g/mol. The van der Waals surface area contributed by atoms with Gasteiger partial charge in [0.1, 0.15) is 0 Å². The normalized spacial score (nSPS) is 11.7. The molecule has 0 atom stereocenters. The quantitative estimate of drug-likeness (QED) is 0.818. The first-order valence-corrected chi connectivity index (χ1v) is 7.04. The topological polar surface area (TPSA) is 96.8 Å². The van der Waals surface area contributed by atoms with Gasteiger partial charge in [-0.3, -0.25) is 9.48 Å². The Morgan fingerprint density at radius 1 is 1.42 bits per heavy atom. The number of aromatic amines is 1. The van der Waals surface area contributed by atoms with Crippen molar-refractivity contribution in [2.75, 3.05) is 0 Å². The molecule has 7 nitrogen and oxygen atoms in total. The van der Waals surface area contributed by atoms with Crippen LogP contribution >= 0.6 is 0 Å². The van der Waals surface area contributed by atoms with E-state index in [1.165, 1.54) is 18.3 Å². The van der Waals surface area contributed by atoms with E-state index in [1.807, 2.05) is 6.92 Å². The molecule has 2 aromatic heterocycles. The van der Waals surface area contributed by atoms with Gasteiger partial charge in [-0.05, 0) is 13.0 Å². The molecule has 0 unspecified atom stereocenters. The molecule has 19 heavy (non-hydrogen) atoms. The van der Waals surface area contributed by atoms with E-state index in [0.29, 0.717) is 0 Å². The zero-order chi connectivity index (χ0) is 14.0. The lowest BCUT2D eigenvalue weighted by Gasteiger charge is -2.05. The Morgan fingerprint density at radius 2 is 2.16 bits per heavy atom. The number of nitrogens with one attached hydrogen (secondary N) is 2. The number of hydrogen-bond acceptors (Lipinski definition) is 4. The van der Waals surface area contributed by atoms with Gasteiger partial charge in [0.05, 0.1) is 10.6 Å². The summed E-state index contributed by atoms with van der Waals surface area (Å²) in [6.45, 7) is 1.96. The van der Waals surface area contributed by atoms with Gasteiger partial charge in [-0.25, -0.2) is 13.1 Å². The predicted molar refractivity (Wildman–Crippen MR) is 69.0 cm³/mol. The second-order valence-corrected chi connectivity index (χ2v) is 5.89. The van der Waals surface area contributed by atoms with Crippen molar-refractivity contribution in [3.63, 3.8) is 0 Å². The number of sulfonamides is 1. The molecule has 0 aliphatic heterocycles. The second-order valence-electron chi connectivity index (χ2n) is 4.13. The summed E-state index contributed by atoms with van der Waals surface area (Å²) < 4.78 is 28.0. The molecule has 0 bridgehead atoms. The van der Waals surface area contributed by atoms with Crippen LogP contribution in [0.25, 0.3) is 0 Å². The highest BCUT2D eigenvalue weighted by atomic mass is 32.2. The number of hydrogen-bond donors (Lipinski definition) is 2. The van der Waals surface area contributed by atoms with Crippen molar-refractivity contribution in [2.24, 2.45) is 7.05 Å². The van der Waals surface area contributed by atoms with Crippen molar-refractivity contribution >= 4 is 10.0 Å². The summed E-state index contributed by atoms with van der Waals surface area (Å²) in [4.78, 5) is 13.2. The molecule has 102 valence electrons. The molecule has 0 fully saturated rings. The molecule has 2 N–H and O–H groups in total. The molecule has 2 aromatic rings. The van der Waals surface area contributed by atoms with Crippen LogP contribution in [0.4, 0.5) is 0 Å². The number of aromatic nitrogens is 3. The predicted octanol–water partition coefficient (Wildman–Crippen LogP) is -0.105. The lowest BCUT2D eigenvalue weighted by Crippen LogP contribution is -2.24. The van der Waals surface area contributed by atoms with E-state index >= 15 is 0 Å². The van der Waals surface area contributed by atoms with Crippen molar-refractivity contribution in [3.05, 3.63) is 46.1 Å². The van der Waals surface area contributed by atoms with Crippen molar-refractivity contribution in [1.29, 1.82) is 0 Å². The first-order valence-electron chi connectivity index (χ1n) is 5.56. The van der Waals surface area contributed by atoms with E-state index in [0.717, 1.165) is 11.3 Å². The van der Waals surface area contributed by atoms with E-state index in [-0.39, 0.29) is 17.0 Å². The van der Waals surface area contributed by atoms with Gasteiger partial charge in [-0.15, -0.1) is 0 Å². The van der Waals surface area contributed by atoms with Crippen LogP contribution in [0, 0.1) is 6.92 Å². The SMILES string of the molecule is Cc1nn(C)cc1CNS(=O)(=O)c1ccc(=O)[nH]c1. The van der Waals surface area contributed by atoms with Gasteiger partial charge in [0.2, 0.25) is 15.6 Å². The average molecular weight is 282 g/mol. The zero-order valence-corrected chi connectivity index (χ0v) is 11.4. The summed E-state index contributed by atoms with van der Waals surface area (Å²) in [5.41, 5.74) is 1.23. The zero-order valence-electron chi connectivity index (χ0n) is 10.5. The maximum absolute atomic E-state index is 12.0. The Morgan fingerprint density at radius 3 is 2.68 bits per heavy atom. The Hall–Kier alpha value is -1.93. The molecule has 0 saturated heterocycles. The number of H-pyrrole nitrogens is 1. The minimum Gasteiger partial charge on any atom is -0.328 e. The van der Waals surface area contributed by atoms with E-state index < -0.39 is 10.0 Å². The number of nitrogens with zero attached hydrogens (tertiary/aromatic N) is 2. The van der Waals surface area contributed by atoms with Crippen molar-refractivity contribution in [2.45, 2.75) is 18.4 Å². The van der Waals surface area contributed by atoms with Crippen molar-refractivity contribution in [3.8, 4) is 0 Å². The van der Waals surface area contributed by atoms with Crippen LogP contribution in [-0.4, -0.2) is 23.2 Å². The Labute approximate surface area is 110 Å². The van der Waals surface area contributed by atoms with Crippen LogP contribution in [-0.2, 0) is 23.6 Å². The van der Waals surface area contributed by atoms with Gasteiger partial charge < -0.3 is 4.98 Å². The fourth-order valence-electron chi connectivity index (χ4n) is 1.64. The van der Waals surface area contributed by atoms with Crippen molar-refractivity contribution in [1.82, 2.24) is 19.5 Å². The summed E-state index contributed by atoms with van der Waals surface area (Å²) in [6, 6.07) is 2.43. The summed E-state index contributed by atoms with van der Waals surface area (Å²) >= 11 is 0. The van der Waals surface area contributed by atoms with Crippen LogP contribution in [0.1, 0.15) is 11.3 Å². The third-order valence-electron chi connectivity index (χ3n) is 2.63. The van der Waals surface area contributed by atoms with Crippen molar-refractivity contribution < 1.29 is 8.42 Å². The molecule has 0 aliphatic carbocycles. The van der Waals surface area contributed by atoms with Crippen LogP contribution in [0.3, 0.4) is 0 Å². The lowest BCUT2D eigenvalue weighted by atomic mass is 10.3. The summed E-state index contributed by atoms with van der Waals surface area (Å²) in [5.74, 6) is 0. The van der Waals surface area contributed by atoms with Gasteiger partial charge in [-0.2, -0.15) is 5.10 Å². The number of aryl methyl sites for hydroxylation is 2. The van der Waals surface area contributed by atoms with Gasteiger partial charge >= 0.3 is 0 Å². The van der Waals surface area contributed by atoms with E-state index in [1.54, 1.807) is 17.9 Å². The molecule has 2 heterocycles. The maximum Gasteiger partial charge on any atom is 0.247 e. The Balaban J connectivity index is 2.16. The molecule has 0 saturated carbocycles. The Bertz CT molecular complexity index is 725. The van der Waals surface area contributed by atoms with Gasteiger partial charge in [0.15, 0.2) is 0 Å². The first-order chi connectivity index (χ1) is 8.88. The molecular formula is C11H14N4O3S. The largest absolute Gasteiger partial charge is 0.328 e. The molecular weight excluding hydrogens is 268 g/mol. The Kier molecular flexibility index (Phi) is 3.54.